The first-order chi connectivity index (χ1) is 12.4. The number of nitrogens with one attached hydrogen (secondary N) is 3. The number of ether oxygens (including phenoxy) is 1. The minimum absolute atomic E-state index is 0. The van der Waals surface area contributed by atoms with Gasteiger partial charge in [0.05, 0.1) is 24.4 Å². The Kier molecular flexibility index (Phi) is 10.5. The quantitative estimate of drug-likeness (QED) is 0.220. The van der Waals surface area contributed by atoms with E-state index in [0.717, 1.165) is 44.5 Å². The molecular formula is C17H31IN6O2S. The van der Waals surface area contributed by atoms with Crippen LogP contribution in [-0.2, 0) is 4.74 Å². The van der Waals surface area contributed by atoms with Crippen molar-refractivity contribution >= 4 is 47.2 Å². The van der Waals surface area contributed by atoms with Crippen molar-refractivity contribution in [3.8, 4) is 0 Å². The van der Waals surface area contributed by atoms with Crippen molar-refractivity contribution in [1.82, 2.24) is 25.8 Å². The van der Waals surface area contributed by atoms with Gasteiger partial charge >= 0.3 is 0 Å². The second kappa shape index (κ2) is 11.8. The second-order valence-electron chi connectivity index (χ2n) is 6.79. The van der Waals surface area contributed by atoms with Crippen LogP contribution >= 0.6 is 35.3 Å². The van der Waals surface area contributed by atoms with Gasteiger partial charge in [-0.25, -0.2) is 4.98 Å². The highest BCUT2D eigenvalue weighted by atomic mass is 127. The maximum absolute atomic E-state index is 12.0. The summed E-state index contributed by atoms with van der Waals surface area (Å²) in [5, 5.41) is 9.49. The van der Waals surface area contributed by atoms with Gasteiger partial charge in [-0.1, -0.05) is 0 Å². The van der Waals surface area contributed by atoms with E-state index in [9.17, 15) is 4.79 Å². The number of hydrogen-bond acceptors (Lipinski definition) is 6. The molecule has 2 heterocycles. The Labute approximate surface area is 182 Å². The summed E-state index contributed by atoms with van der Waals surface area (Å²) in [5.41, 5.74) is 2.47. The monoisotopic (exact) mass is 510 g/mol. The van der Waals surface area contributed by atoms with E-state index < -0.39 is 0 Å². The van der Waals surface area contributed by atoms with Crippen LogP contribution in [0.25, 0.3) is 0 Å². The van der Waals surface area contributed by atoms with Gasteiger partial charge in [0.2, 0.25) is 0 Å². The number of amides is 1. The molecule has 3 N–H and O–H groups in total. The zero-order valence-corrected chi connectivity index (χ0v) is 19.6. The molecule has 1 amide bonds. The van der Waals surface area contributed by atoms with Gasteiger partial charge < -0.3 is 20.7 Å². The van der Waals surface area contributed by atoms with Crippen LogP contribution < -0.4 is 16.0 Å². The van der Waals surface area contributed by atoms with Crippen LogP contribution in [0.3, 0.4) is 0 Å². The van der Waals surface area contributed by atoms with Crippen LogP contribution in [0.15, 0.2) is 10.5 Å². The molecule has 0 spiro atoms. The summed E-state index contributed by atoms with van der Waals surface area (Å²) in [7, 11) is 1.75. The standard InChI is InChI=1S/C17H30N6O2S.HI/c1-13-14(26-12-22-13)15(24)19-5-6-20-16(18-4)21-11-17(2,3)23-7-9-25-10-8-23;/h12H,5-11H2,1-4H3,(H,19,24)(H2,18,20,21);1H. The van der Waals surface area contributed by atoms with Gasteiger partial charge in [-0.05, 0) is 20.8 Å². The lowest BCUT2D eigenvalue weighted by molar-refractivity contribution is -0.00833. The zero-order valence-electron chi connectivity index (χ0n) is 16.5. The van der Waals surface area contributed by atoms with Gasteiger partial charge in [0.1, 0.15) is 4.88 Å². The lowest BCUT2D eigenvalue weighted by Crippen LogP contribution is -2.56. The molecule has 1 aliphatic rings. The van der Waals surface area contributed by atoms with Gasteiger partial charge in [0.25, 0.3) is 5.91 Å². The first-order valence-electron chi connectivity index (χ1n) is 8.89. The first-order valence-corrected chi connectivity index (χ1v) is 9.77. The SMILES string of the molecule is CN=C(NCCNC(=O)c1scnc1C)NCC(C)(C)N1CCOCC1.I. The van der Waals surface area contributed by atoms with E-state index in [1.165, 1.54) is 11.3 Å². The summed E-state index contributed by atoms with van der Waals surface area (Å²) in [6.45, 7) is 11.6. The Morgan fingerprint density at radius 2 is 1.96 bits per heavy atom. The zero-order chi connectivity index (χ0) is 19.0. The number of carbonyl (C=O) groups is 1. The third-order valence-electron chi connectivity index (χ3n) is 4.43. The molecule has 0 bridgehead atoms. The van der Waals surface area contributed by atoms with Crippen LogP contribution in [0, 0.1) is 6.92 Å². The molecule has 1 aromatic heterocycles. The van der Waals surface area contributed by atoms with Crippen molar-refractivity contribution in [3.63, 3.8) is 0 Å². The third-order valence-corrected chi connectivity index (χ3v) is 5.36. The fourth-order valence-electron chi connectivity index (χ4n) is 2.76. The number of morpholine rings is 1. The van der Waals surface area contributed by atoms with Crippen molar-refractivity contribution in [3.05, 3.63) is 16.1 Å². The summed E-state index contributed by atoms with van der Waals surface area (Å²) in [4.78, 5) is 23.5. The summed E-state index contributed by atoms with van der Waals surface area (Å²) in [6.07, 6.45) is 0. The minimum atomic E-state index is -0.0804. The van der Waals surface area contributed by atoms with Gasteiger partial charge in [0.15, 0.2) is 5.96 Å². The topological polar surface area (TPSA) is 90.9 Å². The molecule has 0 saturated carbocycles. The summed E-state index contributed by atoms with van der Waals surface area (Å²) in [6, 6.07) is 0. The molecule has 0 unspecified atom stereocenters. The molecule has 2 rings (SSSR count). The van der Waals surface area contributed by atoms with Crippen molar-refractivity contribution in [2.75, 3.05) is 53.0 Å². The lowest BCUT2D eigenvalue weighted by atomic mass is 10.0. The molecule has 1 fully saturated rings. The number of hydrogen-bond donors (Lipinski definition) is 3. The molecule has 10 heteroatoms. The average molecular weight is 510 g/mol. The molecule has 0 aromatic carbocycles. The molecule has 27 heavy (non-hydrogen) atoms. The van der Waals surface area contributed by atoms with Crippen LogP contribution in [0.4, 0.5) is 0 Å². The number of rotatable bonds is 7. The number of aromatic nitrogens is 1. The van der Waals surface area contributed by atoms with Crippen molar-refractivity contribution in [1.29, 1.82) is 0 Å². The molecule has 0 atom stereocenters. The van der Waals surface area contributed by atoms with Gasteiger partial charge in [0, 0.05) is 45.3 Å². The Morgan fingerprint density at radius 1 is 1.30 bits per heavy atom. The van der Waals surface area contributed by atoms with E-state index >= 15 is 0 Å². The Hall–Kier alpha value is -0.980. The maximum atomic E-state index is 12.0. The molecule has 1 aliphatic heterocycles. The number of guanidine groups is 1. The van der Waals surface area contributed by atoms with Crippen LogP contribution in [-0.4, -0.2) is 80.3 Å². The molecule has 154 valence electrons. The molecular weight excluding hydrogens is 479 g/mol. The normalized spacial score (nSPS) is 15.8. The minimum Gasteiger partial charge on any atom is -0.379 e. The maximum Gasteiger partial charge on any atom is 0.263 e. The number of halogens is 1. The Balaban J connectivity index is 0.00000364. The lowest BCUT2D eigenvalue weighted by Gasteiger charge is -2.41. The Morgan fingerprint density at radius 3 is 2.56 bits per heavy atom. The molecule has 1 saturated heterocycles. The second-order valence-corrected chi connectivity index (χ2v) is 7.64. The summed E-state index contributed by atoms with van der Waals surface area (Å²) in [5.74, 6) is 0.651. The van der Waals surface area contributed by atoms with Crippen LogP contribution in [0.5, 0.6) is 0 Å². The van der Waals surface area contributed by atoms with Crippen molar-refractivity contribution < 1.29 is 9.53 Å². The van der Waals surface area contributed by atoms with Crippen molar-refractivity contribution in [2.45, 2.75) is 26.3 Å². The highest BCUT2D eigenvalue weighted by Gasteiger charge is 2.28. The highest BCUT2D eigenvalue weighted by molar-refractivity contribution is 14.0. The van der Waals surface area contributed by atoms with Crippen LogP contribution in [0.1, 0.15) is 29.2 Å². The molecule has 0 radical (unpaired) electrons. The first kappa shape index (κ1) is 24.1. The number of thiazole rings is 1. The van der Waals surface area contributed by atoms with Gasteiger partial charge in [-0.2, -0.15) is 0 Å². The van der Waals surface area contributed by atoms with Gasteiger partial charge in [-0.3, -0.25) is 14.7 Å². The molecule has 1 aromatic rings. The fourth-order valence-corrected chi connectivity index (χ4v) is 3.48. The van der Waals surface area contributed by atoms with Crippen molar-refractivity contribution in [2.24, 2.45) is 4.99 Å². The molecule has 0 aliphatic carbocycles. The van der Waals surface area contributed by atoms with E-state index in [1.54, 1.807) is 12.6 Å². The summed E-state index contributed by atoms with van der Waals surface area (Å²) >= 11 is 1.36. The fraction of sp³-hybridized carbons (Fsp3) is 0.706. The number of aliphatic imine (C=N–C) groups is 1. The van der Waals surface area contributed by atoms with E-state index in [0.29, 0.717) is 18.0 Å². The predicted molar refractivity (Wildman–Crippen MR) is 120 cm³/mol. The number of nitrogens with zero attached hydrogens (tertiary/aromatic N) is 3. The largest absolute Gasteiger partial charge is 0.379 e. The number of aryl methyl sites for hydroxylation is 1. The number of carbonyl (C=O) groups excluding carboxylic acids is 1. The van der Waals surface area contributed by atoms with Gasteiger partial charge in [-0.15, -0.1) is 35.3 Å². The average Bonchev–Trinajstić information content (AvgIpc) is 3.07. The smallest absolute Gasteiger partial charge is 0.263 e. The van der Waals surface area contributed by atoms with E-state index in [-0.39, 0.29) is 35.4 Å². The Bertz CT molecular complexity index is 616. The van der Waals surface area contributed by atoms with E-state index in [4.69, 9.17) is 4.74 Å². The summed E-state index contributed by atoms with van der Waals surface area (Å²) < 4.78 is 5.42. The molecule has 8 nitrogen and oxygen atoms in total. The van der Waals surface area contributed by atoms with E-state index in [1.807, 2.05) is 6.92 Å². The van der Waals surface area contributed by atoms with E-state index in [2.05, 4.69) is 44.7 Å². The predicted octanol–water partition coefficient (Wildman–Crippen LogP) is 1.08. The third kappa shape index (κ3) is 7.51. The highest BCUT2D eigenvalue weighted by Crippen LogP contribution is 2.15. The van der Waals surface area contributed by atoms with Crippen LogP contribution in [0.2, 0.25) is 0 Å².